The molecule has 8 unspecified atom stereocenters. The first-order valence-corrected chi connectivity index (χ1v) is 17.9. The zero-order valence-electron chi connectivity index (χ0n) is 22.5. The fourth-order valence-corrected chi connectivity index (χ4v) is 18.9. The lowest BCUT2D eigenvalue weighted by molar-refractivity contribution is 0.466. The Labute approximate surface area is 211 Å². The van der Waals surface area contributed by atoms with Gasteiger partial charge in [-0.25, -0.2) is 0 Å². The molecule has 4 saturated carbocycles. The van der Waals surface area contributed by atoms with Crippen molar-refractivity contribution in [3.63, 3.8) is 0 Å². The van der Waals surface area contributed by atoms with Crippen LogP contribution in [0.25, 0.3) is 0 Å². The molecule has 0 spiro atoms. The average Bonchev–Trinajstić information content (AvgIpc) is 3.73. The normalized spacial score (nSPS) is 44.1. The van der Waals surface area contributed by atoms with E-state index in [2.05, 4.69) is 64.2 Å². The van der Waals surface area contributed by atoms with Gasteiger partial charge in [0, 0.05) is 0 Å². The summed E-state index contributed by atoms with van der Waals surface area (Å²) in [5.74, 6) is 7.48. The zero-order valence-corrected chi connectivity index (χ0v) is 23.5. The van der Waals surface area contributed by atoms with Crippen LogP contribution in [0.1, 0.15) is 85.5 Å². The van der Waals surface area contributed by atoms with Gasteiger partial charge in [0.1, 0.15) is 0 Å². The number of hydrogen-bond acceptors (Lipinski definition) is 0. The van der Waals surface area contributed by atoms with Gasteiger partial charge in [0.05, 0.1) is 8.07 Å². The Morgan fingerprint density at radius 3 is 1.50 bits per heavy atom. The van der Waals surface area contributed by atoms with E-state index in [0.29, 0.717) is 0 Å². The van der Waals surface area contributed by atoms with E-state index < -0.39 is 8.07 Å². The van der Waals surface area contributed by atoms with E-state index in [1.54, 1.807) is 24.9 Å². The molecule has 0 amide bonds. The van der Waals surface area contributed by atoms with Gasteiger partial charge in [0.2, 0.25) is 0 Å². The third-order valence-corrected chi connectivity index (χ3v) is 18.4. The summed E-state index contributed by atoms with van der Waals surface area (Å²) in [5.41, 5.74) is 5.90. The molecule has 34 heavy (non-hydrogen) atoms. The summed E-state index contributed by atoms with van der Waals surface area (Å²) >= 11 is 0. The van der Waals surface area contributed by atoms with Crippen molar-refractivity contribution in [2.24, 2.45) is 47.3 Å². The van der Waals surface area contributed by atoms with Gasteiger partial charge in [-0.3, -0.25) is 0 Å². The zero-order chi connectivity index (χ0) is 23.4. The molecule has 0 N–H and O–H groups in total. The van der Waals surface area contributed by atoms with Crippen LogP contribution in [0.15, 0.2) is 47.6 Å². The molecule has 1 saturated heterocycles. The molecule has 8 atom stereocenters. The van der Waals surface area contributed by atoms with Crippen LogP contribution in [-0.4, -0.2) is 8.07 Å². The van der Waals surface area contributed by atoms with Gasteiger partial charge in [-0.05, 0) is 97.0 Å². The average molecular weight is 475 g/mol. The fourth-order valence-electron chi connectivity index (χ4n) is 10.3. The third-order valence-electron chi connectivity index (χ3n) is 11.3. The molecule has 7 aliphatic rings. The lowest BCUT2D eigenvalue weighted by atomic mass is 9.82. The molecule has 0 radical (unpaired) electrons. The third kappa shape index (κ3) is 3.82. The van der Waals surface area contributed by atoms with Crippen molar-refractivity contribution in [1.29, 1.82) is 0 Å². The highest BCUT2D eigenvalue weighted by Crippen LogP contribution is 2.69. The number of hydrogen-bond donors (Lipinski definition) is 0. The Bertz CT molecular complexity index is 808. The summed E-state index contributed by atoms with van der Waals surface area (Å²) < 4.78 is 0. The summed E-state index contributed by atoms with van der Waals surface area (Å²) in [7, 11) is -1.35. The van der Waals surface area contributed by atoms with Crippen LogP contribution in [0.2, 0.25) is 23.2 Å². The van der Waals surface area contributed by atoms with Crippen molar-refractivity contribution in [1.82, 2.24) is 0 Å². The lowest BCUT2D eigenvalue weighted by Gasteiger charge is -2.48. The van der Waals surface area contributed by atoms with Gasteiger partial charge in [-0.15, -0.1) is 0 Å². The van der Waals surface area contributed by atoms with Crippen LogP contribution < -0.4 is 0 Å². The highest BCUT2D eigenvalue weighted by atomic mass is 28.3. The van der Waals surface area contributed by atoms with Crippen molar-refractivity contribution in [2.75, 3.05) is 0 Å². The first-order valence-electron chi connectivity index (χ1n) is 15.4. The standard InChI is InChI=1S/C30H42Si.C3H8/c1-19-17-27-23(21-11-12-21)7-5-9-25(27)29(19)31(15-3-4-16-31)30-20(2)18-28-24(22-13-14-22)8-6-10-26(28)30;1-3-2/h5-10,19-22,25-30H,3-4,11-18H2,1-2H3;3H2,1-2H3. The second-order valence-electron chi connectivity index (χ2n) is 13.6. The van der Waals surface area contributed by atoms with Gasteiger partial charge < -0.3 is 0 Å². The van der Waals surface area contributed by atoms with Crippen molar-refractivity contribution < 1.29 is 0 Å². The van der Waals surface area contributed by atoms with Crippen LogP contribution in [0.5, 0.6) is 0 Å². The summed E-state index contributed by atoms with van der Waals surface area (Å²) in [4.78, 5) is 0. The molecule has 0 bridgehead atoms. The summed E-state index contributed by atoms with van der Waals surface area (Å²) in [5, 5.41) is 0. The molecule has 6 aliphatic carbocycles. The van der Waals surface area contributed by atoms with E-state index in [4.69, 9.17) is 0 Å². The summed E-state index contributed by atoms with van der Waals surface area (Å²) in [6.07, 6.45) is 28.9. The van der Waals surface area contributed by atoms with Gasteiger partial charge in [0.15, 0.2) is 0 Å². The number of allylic oxidation sites excluding steroid dienone is 8. The van der Waals surface area contributed by atoms with E-state index in [1.165, 1.54) is 44.9 Å². The molecule has 5 fully saturated rings. The van der Waals surface area contributed by atoms with E-state index in [-0.39, 0.29) is 0 Å². The van der Waals surface area contributed by atoms with Crippen molar-refractivity contribution in [3.05, 3.63) is 47.6 Å². The molecule has 7 rings (SSSR count). The smallest absolute Gasteiger partial charge is 0.0615 e. The molecule has 0 nitrogen and oxygen atoms in total. The molecule has 1 heteroatoms. The molecule has 0 aromatic carbocycles. The molecule has 1 aliphatic heterocycles. The van der Waals surface area contributed by atoms with E-state index in [9.17, 15) is 0 Å². The minimum atomic E-state index is -1.35. The van der Waals surface area contributed by atoms with Crippen LogP contribution in [0.4, 0.5) is 0 Å². The second kappa shape index (κ2) is 9.24. The minimum absolute atomic E-state index is 0.901. The molecule has 0 aromatic rings. The summed E-state index contributed by atoms with van der Waals surface area (Å²) in [6.45, 7) is 9.63. The highest BCUT2D eigenvalue weighted by Gasteiger charge is 2.62. The van der Waals surface area contributed by atoms with Gasteiger partial charge in [0.25, 0.3) is 0 Å². The Morgan fingerprint density at radius 2 is 1.12 bits per heavy atom. The summed E-state index contributed by atoms with van der Waals surface area (Å²) in [6, 6.07) is 3.33. The molecule has 1 heterocycles. The Hall–Kier alpha value is -0.823. The lowest BCUT2D eigenvalue weighted by Crippen LogP contribution is -2.48. The molecule has 0 aromatic heterocycles. The Morgan fingerprint density at radius 1 is 0.706 bits per heavy atom. The highest BCUT2D eigenvalue weighted by molar-refractivity contribution is 6.83. The molecule has 186 valence electrons. The second-order valence-corrected chi connectivity index (χ2v) is 18.4. The maximum atomic E-state index is 2.72. The number of rotatable bonds is 4. The van der Waals surface area contributed by atoms with E-state index in [1.807, 2.05) is 11.1 Å². The van der Waals surface area contributed by atoms with Crippen molar-refractivity contribution in [2.45, 2.75) is 109 Å². The van der Waals surface area contributed by atoms with E-state index in [0.717, 1.165) is 58.4 Å². The van der Waals surface area contributed by atoms with Crippen molar-refractivity contribution >= 4 is 8.07 Å². The largest absolute Gasteiger partial charge is 0.0808 e. The predicted molar refractivity (Wildman–Crippen MR) is 149 cm³/mol. The SMILES string of the molecule is CC1CC2C(C3CC3)=CC=CC2C1[Si]1(C2C(C)CC3C(C4CC4)=CC=CC32)CCCC1.CCC. The molecular formula is C33H50Si. The maximum Gasteiger partial charge on any atom is 0.0615 e. The van der Waals surface area contributed by atoms with Crippen LogP contribution in [0, 0.1) is 47.3 Å². The maximum absolute atomic E-state index is 2.72. The van der Waals surface area contributed by atoms with E-state index >= 15 is 0 Å². The van der Waals surface area contributed by atoms with Crippen LogP contribution >= 0.6 is 0 Å². The number of fused-ring (bicyclic) bond motifs is 2. The first kappa shape index (κ1) is 23.6. The fraction of sp³-hybridized carbons (Fsp3) is 0.758. The van der Waals surface area contributed by atoms with Gasteiger partial charge >= 0.3 is 0 Å². The predicted octanol–water partition coefficient (Wildman–Crippen LogP) is 9.74. The molecular weight excluding hydrogens is 424 g/mol. The quantitative estimate of drug-likeness (QED) is 0.356. The minimum Gasteiger partial charge on any atom is -0.0808 e. The van der Waals surface area contributed by atoms with Gasteiger partial charge in [-0.1, -0.05) is 107 Å². The topological polar surface area (TPSA) is 0 Å². The van der Waals surface area contributed by atoms with Crippen LogP contribution in [0.3, 0.4) is 0 Å². The first-order chi connectivity index (χ1) is 16.6. The Kier molecular flexibility index (Phi) is 6.41. The Balaban J connectivity index is 0.000000691. The monoisotopic (exact) mass is 474 g/mol. The van der Waals surface area contributed by atoms with Gasteiger partial charge in [-0.2, -0.15) is 0 Å². The van der Waals surface area contributed by atoms with Crippen LogP contribution in [-0.2, 0) is 0 Å². The van der Waals surface area contributed by atoms with Crippen molar-refractivity contribution in [3.8, 4) is 0 Å².